The topological polar surface area (TPSA) is 59.1 Å². The molecule has 0 bridgehead atoms. The van der Waals surface area contributed by atoms with Crippen molar-refractivity contribution in [2.45, 2.75) is 12.8 Å². The average molecular weight is 286 g/mol. The van der Waals surface area contributed by atoms with Crippen molar-refractivity contribution in [3.8, 4) is 0 Å². The number of aromatic nitrogens is 2. The summed E-state index contributed by atoms with van der Waals surface area (Å²) in [6.07, 6.45) is 3.67. The van der Waals surface area contributed by atoms with Gasteiger partial charge < -0.3 is 15.4 Å². The first-order chi connectivity index (χ1) is 10.4. The summed E-state index contributed by atoms with van der Waals surface area (Å²) in [5, 5.41) is 6.51. The van der Waals surface area contributed by atoms with Crippen LogP contribution in [0.2, 0.25) is 0 Å². The minimum absolute atomic E-state index is 0.649. The van der Waals surface area contributed by atoms with Gasteiger partial charge in [0.2, 0.25) is 5.95 Å². The number of ether oxygens (including phenoxy) is 1. The number of hydrogen-bond donors (Lipinski definition) is 2. The molecular weight excluding hydrogens is 264 g/mol. The van der Waals surface area contributed by atoms with Crippen LogP contribution in [0.3, 0.4) is 0 Å². The fourth-order valence-electron chi connectivity index (χ4n) is 1.94. The van der Waals surface area contributed by atoms with Gasteiger partial charge >= 0.3 is 0 Å². The third kappa shape index (κ3) is 5.79. The van der Waals surface area contributed by atoms with E-state index in [9.17, 15) is 0 Å². The minimum Gasteiger partial charge on any atom is -0.385 e. The van der Waals surface area contributed by atoms with E-state index in [0.29, 0.717) is 5.95 Å². The van der Waals surface area contributed by atoms with Crippen molar-refractivity contribution in [1.82, 2.24) is 9.97 Å². The van der Waals surface area contributed by atoms with E-state index in [1.807, 2.05) is 12.1 Å². The molecule has 1 heterocycles. The Kier molecular flexibility index (Phi) is 6.48. The van der Waals surface area contributed by atoms with Crippen LogP contribution in [0.15, 0.2) is 42.6 Å². The highest BCUT2D eigenvalue weighted by Gasteiger charge is 1.99. The molecule has 0 atom stereocenters. The molecule has 112 valence electrons. The molecule has 0 aliphatic rings. The Hall–Kier alpha value is -2.14. The van der Waals surface area contributed by atoms with Crippen molar-refractivity contribution in [2.24, 2.45) is 0 Å². The van der Waals surface area contributed by atoms with Gasteiger partial charge in [0.25, 0.3) is 0 Å². The number of nitrogens with one attached hydrogen (secondary N) is 2. The van der Waals surface area contributed by atoms with Crippen molar-refractivity contribution in [3.63, 3.8) is 0 Å². The number of anilines is 2. The van der Waals surface area contributed by atoms with E-state index in [4.69, 9.17) is 4.74 Å². The lowest BCUT2D eigenvalue weighted by molar-refractivity contribution is 0.197. The van der Waals surface area contributed by atoms with Gasteiger partial charge in [0.1, 0.15) is 5.82 Å². The molecule has 0 saturated carbocycles. The Balaban J connectivity index is 1.75. The second-order valence-electron chi connectivity index (χ2n) is 4.70. The molecule has 5 nitrogen and oxygen atoms in total. The maximum Gasteiger partial charge on any atom is 0.224 e. The Morgan fingerprint density at radius 1 is 1.05 bits per heavy atom. The summed E-state index contributed by atoms with van der Waals surface area (Å²) < 4.78 is 5.01. The van der Waals surface area contributed by atoms with E-state index in [2.05, 4.69) is 44.9 Å². The van der Waals surface area contributed by atoms with Gasteiger partial charge in [0, 0.05) is 33.0 Å². The first kappa shape index (κ1) is 15.3. The molecule has 2 N–H and O–H groups in total. The first-order valence-electron chi connectivity index (χ1n) is 7.22. The SMILES string of the molecule is COCCCNc1nccc(NCCc2ccccc2)n1. The quantitative estimate of drug-likeness (QED) is 0.694. The lowest BCUT2D eigenvalue weighted by Gasteiger charge is -2.08. The fourth-order valence-corrected chi connectivity index (χ4v) is 1.94. The summed E-state index contributed by atoms with van der Waals surface area (Å²) in [6, 6.07) is 12.3. The monoisotopic (exact) mass is 286 g/mol. The van der Waals surface area contributed by atoms with Crippen LogP contribution in [0.4, 0.5) is 11.8 Å². The van der Waals surface area contributed by atoms with Gasteiger partial charge in [-0.25, -0.2) is 4.98 Å². The number of benzene rings is 1. The molecule has 1 aromatic heterocycles. The van der Waals surface area contributed by atoms with Crippen molar-refractivity contribution < 1.29 is 4.74 Å². The number of rotatable bonds is 9. The molecule has 0 radical (unpaired) electrons. The first-order valence-corrected chi connectivity index (χ1v) is 7.22. The van der Waals surface area contributed by atoms with Crippen LogP contribution in [-0.4, -0.2) is 36.8 Å². The van der Waals surface area contributed by atoms with Gasteiger partial charge in [0.05, 0.1) is 0 Å². The van der Waals surface area contributed by atoms with Crippen LogP contribution in [0.25, 0.3) is 0 Å². The van der Waals surface area contributed by atoms with Gasteiger partial charge in [-0.15, -0.1) is 0 Å². The largest absolute Gasteiger partial charge is 0.385 e. The molecule has 0 amide bonds. The predicted molar refractivity (Wildman–Crippen MR) is 85.7 cm³/mol. The summed E-state index contributed by atoms with van der Waals surface area (Å²) >= 11 is 0. The van der Waals surface area contributed by atoms with Gasteiger partial charge in [-0.2, -0.15) is 4.98 Å². The maximum absolute atomic E-state index is 5.01. The molecule has 5 heteroatoms. The molecule has 21 heavy (non-hydrogen) atoms. The van der Waals surface area contributed by atoms with E-state index in [-0.39, 0.29) is 0 Å². The van der Waals surface area contributed by atoms with E-state index in [0.717, 1.165) is 38.4 Å². The summed E-state index contributed by atoms with van der Waals surface area (Å²) in [6.45, 7) is 2.40. The van der Waals surface area contributed by atoms with Crippen molar-refractivity contribution in [3.05, 3.63) is 48.2 Å². The lowest BCUT2D eigenvalue weighted by Crippen LogP contribution is -2.10. The molecule has 2 rings (SSSR count). The summed E-state index contributed by atoms with van der Waals surface area (Å²) in [5.74, 6) is 1.49. The summed E-state index contributed by atoms with van der Waals surface area (Å²) in [5.41, 5.74) is 1.32. The summed E-state index contributed by atoms with van der Waals surface area (Å²) in [7, 11) is 1.70. The fraction of sp³-hybridized carbons (Fsp3) is 0.375. The summed E-state index contributed by atoms with van der Waals surface area (Å²) in [4.78, 5) is 8.63. The molecule has 0 aliphatic heterocycles. The van der Waals surface area contributed by atoms with Crippen LogP contribution in [0.1, 0.15) is 12.0 Å². The van der Waals surface area contributed by atoms with Crippen molar-refractivity contribution in [2.75, 3.05) is 37.4 Å². The van der Waals surface area contributed by atoms with Crippen LogP contribution >= 0.6 is 0 Å². The molecule has 2 aromatic rings. The van der Waals surface area contributed by atoms with E-state index < -0.39 is 0 Å². The standard InChI is InChI=1S/C16H22N4O/c1-21-13-5-10-18-16-19-12-9-15(20-16)17-11-8-14-6-3-2-4-7-14/h2-4,6-7,9,12H,5,8,10-11,13H2,1H3,(H2,17,18,19,20). The molecule has 1 aromatic carbocycles. The van der Waals surface area contributed by atoms with Crippen molar-refractivity contribution in [1.29, 1.82) is 0 Å². The van der Waals surface area contributed by atoms with Gasteiger partial charge in [0.15, 0.2) is 0 Å². The number of hydrogen-bond acceptors (Lipinski definition) is 5. The smallest absolute Gasteiger partial charge is 0.224 e. The van der Waals surface area contributed by atoms with Crippen LogP contribution in [0.5, 0.6) is 0 Å². The second-order valence-corrected chi connectivity index (χ2v) is 4.70. The Bertz CT molecular complexity index is 519. The number of nitrogens with zero attached hydrogens (tertiary/aromatic N) is 2. The Morgan fingerprint density at radius 3 is 2.71 bits per heavy atom. The zero-order chi connectivity index (χ0) is 14.8. The zero-order valence-corrected chi connectivity index (χ0v) is 12.4. The minimum atomic E-state index is 0.649. The van der Waals surface area contributed by atoms with Crippen molar-refractivity contribution >= 4 is 11.8 Å². The van der Waals surface area contributed by atoms with E-state index in [1.165, 1.54) is 5.56 Å². The second kappa shape index (κ2) is 8.92. The van der Waals surface area contributed by atoms with Crippen LogP contribution in [-0.2, 0) is 11.2 Å². The van der Waals surface area contributed by atoms with Gasteiger partial charge in [-0.3, -0.25) is 0 Å². The molecule has 0 spiro atoms. The van der Waals surface area contributed by atoms with Crippen LogP contribution in [0, 0.1) is 0 Å². The highest BCUT2D eigenvalue weighted by molar-refractivity contribution is 5.39. The molecular formula is C16H22N4O. The van der Waals surface area contributed by atoms with E-state index in [1.54, 1.807) is 13.3 Å². The molecule has 0 fully saturated rings. The Morgan fingerprint density at radius 2 is 1.90 bits per heavy atom. The maximum atomic E-state index is 5.01. The normalized spacial score (nSPS) is 10.3. The van der Waals surface area contributed by atoms with Gasteiger partial charge in [-0.1, -0.05) is 30.3 Å². The third-order valence-corrected chi connectivity index (χ3v) is 3.03. The lowest BCUT2D eigenvalue weighted by atomic mass is 10.1. The highest BCUT2D eigenvalue weighted by atomic mass is 16.5. The molecule has 0 saturated heterocycles. The molecule has 0 aliphatic carbocycles. The Labute approximate surface area is 125 Å². The average Bonchev–Trinajstić information content (AvgIpc) is 2.53. The van der Waals surface area contributed by atoms with E-state index >= 15 is 0 Å². The highest BCUT2D eigenvalue weighted by Crippen LogP contribution is 2.06. The van der Waals surface area contributed by atoms with Gasteiger partial charge in [-0.05, 0) is 24.5 Å². The van der Waals surface area contributed by atoms with Crippen LogP contribution < -0.4 is 10.6 Å². The predicted octanol–water partition coefficient (Wildman–Crippen LogP) is 2.58. The number of methoxy groups -OCH3 is 1. The zero-order valence-electron chi connectivity index (χ0n) is 12.4. The molecule has 0 unspecified atom stereocenters. The third-order valence-electron chi connectivity index (χ3n) is 3.03.